The van der Waals surface area contributed by atoms with Crippen molar-refractivity contribution in [3.05, 3.63) is 29.0 Å². The zero-order chi connectivity index (χ0) is 14.0. The van der Waals surface area contributed by atoms with Crippen molar-refractivity contribution in [2.24, 2.45) is 5.92 Å². The van der Waals surface area contributed by atoms with Crippen LogP contribution in [0.4, 0.5) is 0 Å². The average Bonchev–Trinajstić information content (AvgIpc) is 2.70. The fourth-order valence-corrected chi connectivity index (χ4v) is 2.10. The Morgan fingerprint density at radius 3 is 2.79 bits per heavy atom. The fraction of sp³-hybridized carbons (Fsp3) is 0.467. The van der Waals surface area contributed by atoms with Gasteiger partial charge in [0.1, 0.15) is 5.69 Å². The van der Waals surface area contributed by atoms with Gasteiger partial charge in [0.05, 0.1) is 6.42 Å². The average molecular weight is 260 g/mol. The van der Waals surface area contributed by atoms with Crippen LogP contribution in [0.2, 0.25) is 0 Å². The number of carbonyl (C=O) groups is 1. The summed E-state index contributed by atoms with van der Waals surface area (Å²) in [5, 5.41) is 7.86. The second kappa shape index (κ2) is 5.43. The molecule has 0 spiro atoms. The molecule has 2 rings (SSSR count). The molecular weight excluding hydrogens is 240 g/mol. The van der Waals surface area contributed by atoms with Gasteiger partial charge in [-0.1, -0.05) is 25.1 Å². The van der Waals surface area contributed by atoms with E-state index in [9.17, 15) is 4.79 Å². The molecule has 1 heterocycles. The smallest absolute Gasteiger partial charge is 0.226 e. The molecule has 0 aliphatic heterocycles. The molecule has 0 atom stereocenters. The summed E-state index contributed by atoms with van der Waals surface area (Å²) in [6.07, 6.45) is 0.266. The van der Waals surface area contributed by atoms with Crippen LogP contribution >= 0.6 is 0 Å². The molecule has 0 radical (unpaired) electrons. The zero-order valence-corrected chi connectivity index (χ0v) is 11.9. The Labute approximate surface area is 113 Å². The first-order valence-corrected chi connectivity index (χ1v) is 6.59. The molecule has 4 heteroatoms. The molecule has 1 N–H and O–H groups in total. The molecule has 2 aromatic rings. The SMILES string of the molecule is Cc1cc(C)c2onc(CC(=O)NCC(C)C)c2c1. The van der Waals surface area contributed by atoms with E-state index >= 15 is 0 Å². The lowest BCUT2D eigenvalue weighted by Gasteiger charge is -2.06. The van der Waals surface area contributed by atoms with Gasteiger partial charge in [-0.05, 0) is 37.0 Å². The monoisotopic (exact) mass is 260 g/mol. The Morgan fingerprint density at radius 2 is 2.11 bits per heavy atom. The molecular formula is C15H20N2O2. The molecule has 0 fully saturated rings. The summed E-state index contributed by atoms with van der Waals surface area (Å²) < 4.78 is 5.33. The highest BCUT2D eigenvalue weighted by molar-refractivity contribution is 5.88. The van der Waals surface area contributed by atoms with Gasteiger partial charge in [0, 0.05) is 11.9 Å². The maximum absolute atomic E-state index is 11.8. The number of nitrogens with one attached hydrogen (secondary N) is 1. The van der Waals surface area contributed by atoms with E-state index in [1.807, 2.05) is 19.9 Å². The van der Waals surface area contributed by atoms with Gasteiger partial charge in [0.2, 0.25) is 5.91 Å². The molecule has 1 amide bonds. The molecule has 0 saturated heterocycles. The zero-order valence-electron chi connectivity index (χ0n) is 11.9. The number of fused-ring (bicyclic) bond motifs is 1. The molecule has 0 bridgehead atoms. The first-order chi connectivity index (χ1) is 8.97. The van der Waals surface area contributed by atoms with E-state index in [-0.39, 0.29) is 12.3 Å². The lowest BCUT2D eigenvalue weighted by Crippen LogP contribution is -2.28. The van der Waals surface area contributed by atoms with Crippen LogP contribution in [0.15, 0.2) is 16.7 Å². The topological polar surface area (TPSA) is 55.1 Å². The Kier molecular flexibility index (Phi) is 3.88. The maximum atomic E-state index is 11.8. The lowest BCUT2D eigenvalue weighted by atomic mass is 10.1. The van der Waals surface area contributed by atoms with Crippen molar-refractivity contribution < 1.29 is 9.32 Å². The number of hydrogen-bond acceptors (Lipinski definition) is 3. The van der Waals surface area contributed by atoms with Crippen LogP contribution in [0.1, 0.15) is 30.7 Å². The van der Waals surface area contributed by atoms with Crippen LogP contribution < -0.4 is 5.32 Å². The minimum Gasteiger partial charge on any atom is -0.356 e. The van der Waals surface area contributed by atoms with Gasteiger partial charge < -0.3 is 9.84 Å². The van der Waals surface area contributed by atoms with Crippen molar-refractivity contribution in [3.8, 4) is 0 Å². The van der Waals surface area contributed by atoms with Crippen LogP contribution in [0.5, 0.6) is 0 Å². The summed E-state index contributed by atoms with van der Waals surface area (Å²) in [6.45, 7) is 8.84. The summed E-state index contributed by atoms with van der Waals surface area (Å²) in [4.78, 5) is 11.8. The third kappa shape index (κ3) is 3.13. The minimum atomic E-state index is -0.0111. The maximum Gasteiger partial charge on any atom is 0.226 e. The second-order valence-corrected chi connectivity index (χ2v) is 5.46. The van der Waals surface area contributed by atoms with Gasteiger partial charge in [-0.25, -0.2) is 0 Å². The summed E-state index contributed by atoms with van der Waals surface area (Å²) in [7, 11) is 0. The molecule has 0 aliphatic carbocycles. The second-order valence-electron chi connectivity index (χ2n) is 5.46. The van der Waals surface area contributed by atoms with Gasteiger partial charge in [0.25, 0.3) is 0 Å². The summed E-state index contributed by atoms with van der Waals surface area (Å²) in [6, 6.07) is 4.07. The van der Waals surface area contributed by atoms with Crippen molar-refractivity contribution in [2.75, 3.05) is 6.54 Å². The standard InChI is InChI=1S/C15H20N2O2/c1-9(2)8-16-14(18)7-13-12-6-10(3)5-11(4)15(12)19-17-13/h5-6,9H,7-8H2,1-4H3,(H,16,18). The number of carbonyl (C=O) groups excluding carboxylic acids is 1. The number of nitrogens with zero attached hydrogens (tertiary/aromatic N) is 1. The number of hydrogen-bond donors (Lipinski definition) is 1. The van der Waals surface area contributed by atoms with E-state index in [4.69, 9.17) is 4.52 Å². The van der Waals surface area contributed by atoms with Crippen molar-refractivity contribution >= 4 is 16.9 Å². The van der Waals surface area contributed by atoms with Gasteiger partial charge in [-0.3, -0.25) is 4.79 Å². The molecule has 0 aliphatic rings. The quantitative estimate of drug-likeness (QED) is 0.919. The van der Waals surface area contributed by atoms with Crippen LogP contribution in [-0.4, -0.2) is 17.6 Å². The summed E-state index contributed by atoms with van der Waals surface area (Å²) >= 11 is 0. The van der Waals surface area contributed by atoms with Gasteiger partial charge in [-0.2, -0.15) is 0 Å². The van der Waals surface area contributed by atoms with E-state index in [0.29, 0.717) is 18.2 Å². The van der Waals surface area contributed by atoms with Crippen LogP contribution in [0.25, 0.3) is 11.0 Å². The number of benzene rings is 1. The van der Waals surface area contributed by atoms with E-state index < -0.39 is 0 Å². The Hall–Kier alpha value is -1.84. The Morgan fingerprint density at radius 1 is 1.37 bits per heavy atom. The highest BCUT2D eigenvalue weighted by Gasteiger charge is 2.14. The third-order valence-electron chi connectivity index (χ3n) is 3.01. The van der Waals surface area contributed by atoms with Gasteiger partial charge >= 0.3 is 0 Å². The Bertz CT molecular complexity index is 599. The Balaban J connectivity index is 2.19. The lowest BCUT2D eigenvalue weighted by molar-refractivity contribution is -0.120. The predicted octanol–water partition coefficient (Wildman–Crippen LogP) is 2.76. The normalized spacial score (nSPS) is 11.2. The van der Waals surface area contributed by atoms with Crippen LogP contribution in [-0.2, 0) is 11.2 Å². The molecule has 0 unspecified atom stereocenters. The number of amides is 1. The highest BCUT2D eigenvalue weighted by Crippen LogP contribution is 2.23. The van der Waals surface area contributed by atoms with E-state index in [1.165, 1.54) is 0 Å². The first kappa shape index (κ1) is 13.6. The van der Waals surface area contributed by atoms with Gasteiger partial charge in [0.15, 0.2) is 5.58 Å². The predicted molar refractivity (Wildman–Crippen MR) is 75.0 cm³/mol. The first-order valence-electron chi connectivity index (χ1n) is 6.59. The van der Waals surface area contributed by atoms with Crippen LogP contribution in [0, 0.1) is 19.8 Å². The summed E-state index contributed by atoms with van der Waals surface area (Å²) in [5.74, 6) is 0.436. The number of rotatable bonds is 4. The van der Waals surface area contributed by atoms with E-state index in [0.717, 1.165) is 22.1 Å². The molecule has 1 aromatic carbocycles. The van der Waals surface area contributed by atoms with Crippen molar-refractivity contribution in [1.82, 2.24) is 10.5 Å². The minimum absolute atomic E-state index is 0.0111. The van der Waals surface area contributed by atoms with E-state index in [2.05, 4.69) is 30.4 Å². The molecule has 4 nitrogen and oxygen atoms in total. The summed E-state index contributed by atoms with van der Waals surface area (Å²) in [5.41, 5.74) is 3.69. The molecule has 0 saturated carbocycles. The molecule has 1 aromatic heterocycles. The molecule has 19 heavy (non-hydrogen) atoms. The van der Waals surface area contributed by atoms with Crippen LogP contribution in [0.3, 0.4) is 0 Å². The van der Waals surface area contributed by atoms with Crippen molar-refractivity contribution in [1.29, 1.82) is 0 Å². The van der Waals surface area contributed by atoms with Gasteiger partial charge in [-0.15, -0.1) is 0 Å². The third-order valence-corrected chi connectivity index (χ3v) is 3.01. The van der Waals surface area contributed by atoms with Crippen molar-refractivity contribution in [2.45, 2.75) is 34.1 Å². The highest BCUT2D eigenvalue weighted by atomic mass is 16.5. The number of aromatic nitrogens is 1. The largest absolute Gasteiger partial charge is 0.356 e. The fourth-order valence-electron chi connectivity index (χ4n) is 2.10. The molecule has 102 valence electrons. The van der Waals surface area contributed by atoms with E-state index in [1.54, 1.807) is 0 Å². The number of aryl methyl sites for hydroxylation is 2. The van der Waals surface area contributed by atoms with Crippen molar-refractivity contribution in [3.63, 3.8) is 0 Å².